The number of nitrogens with one attached hydrogen (secondary N) is 1. The molecule has 0 bridgehead atoms. The average Bonchev–Trinajstić information content (AvgIpc) is 3.41. The molecule has 5 aromatic rings. The molecule has 1 aromatic heterocycles. The Morgan fingerprint density at radius 2 is 1.37 bits per heavy atom. The largest absolute Gasteiger partial charge is 0.440 e. The maximum Gasteiger partial charge on any atom is 0.305 e. The van der Waals surface area contributed by atoms with Crippen LogP contribution >= 0.6 is 23.2 Å². The van der Waals surface area contributed by atoms with Crippen LogP contribution in [0.3, 0.4) is 0 Å². The molecule has 6 rings (SSSR count). The van der Waals surface area contributed by atoms with Gasteiger partial charge < -0.3 is 14.5 Å². The molecule has 0 amide bonds. The molecule has 35 heavy (non-hydrogen) atoms. The van der Waals surface area contributed by atoms with Crippen LogP contribution in [-0.4, -0.2) is 10.8 Å². The number of ether oxygens (including phenoxy) is 2. The van der Waals surface area contributed by atoms with E-state index in [9.17, 15) is 4.79 Å². The van der Waals surface area contributed by atoms with Crippen LogP contribution in [0, 0.1) is 6.92 Å². The van der Waals surface area contributed by atoms with Crippen molar-refractivity contribution >= 4 is 39.9 Å². The third-order valence-electron chi connectivity index (χ3n) is 6.28. The molecule has 1 N–H and O–H groups in total. The zero-order valence-electron chi connectivity index (χ0n) is 18.6. The maximum absolute atomic E-state index is 13.6. The Hall–Kier alpha value is -3.73. The predicted octanol–water partition coefficient (Wildman–Crippen LogP) is 7.69. The number of fused-ring (bicyclic) bond motifs is 2. The summed E-state index contributed by atoms with van der Waals surface area (Å²) in [5.41, 5.74) is 4.45. The molecular weight excluding hydrogens is 481 g/mol. The topological polar surface area (TPSA) is 51.3 Å². The van der Waals surface area contributed by atoms with E-state index in [0.717, 1.165) is 27.7 Å². The number of aryl methyl sites for hydroxylation is 1. The molecule has 0 spiro atoms. The fourth-order valence-electron chi connectivity index (χ4n) is 4.60. The van der Waals surface area contributed by atoms with Crippen molar-refractivity contribution in [3.63, 3.8) is 0 Å². The lowest BCUT2D eigenvalue weighted by atomic mass is 9.97. The number of aromatic nitrogens is 1. The lowest BCUT2D eigenvalue weighted by Crippen LogP contribution is -2.36. The summed E-state index contributed by atoms with van der Waals surface area (Å²) in [5, 5.41) is 2.11. The number of ketones is 1. The number of benzene rings is 4. The van der Waals surface area contributed by atoms with Crippen LogP contribution in [0.5, 0.6) is 11.5 Å². The molecule has 4 nitrogen and oxygen atoms in total. The van der Waals surface area contributed by atoms with Crippen molar-refractivity contribution in [2.45, 2.75) is 12.7 Å². The van der Waals surface area contributed by atoms with Gasteiger partial charge in [0, 0.05) is 43.3 Å². The van der Waals surface area contributed by atoms with Crippen molar-refractivity contribution in [1.29, 1.82) is 0 Å². The van der Waals surface area contributed by atoms with E-state index in [2.05, 4.69) is 4.98 Å². The van der Waals surface area contributed by atoms with Gasteiger partial charge in [-0.2, -0.15) is 0 Å². The first-order valence-corrected chi connectivity index (χ1v) is 11.9. The minimum Gasteiger partial charge on any atom is -0.440 e. The fraction of sp³-hybridized carbons (Fsp3) is 0.0690. The van der Waals surface area contributed by atoms with E-state index in [1.807, 2.05) is 55.5 Å². The number of aromatic amines is 1. The molecule has 1 aliphatic heterocycles. The van der Waals surface area contributed by atoms with Crippen LogP contribution in [0.4, 0.5) is 0 Å². The Balaban J connectivity index is 1.43. The molecule has 1 aliphatic rings. The number of H-pyrrole nitrogens is 1. The van der Waals surface area contributed by atoms with Crippen LogP contribution in [0.2, 0.25) is 10.0 Å². The Morgan fingerprint density at radius 3 is 2.03 bits per heavy atom. The molecule has 0 unspecified atom stereocenters. The van der Waals surface area contributed by atoms with E-state index in [-0.39, 0.29) is 5.78 Å². The lowest BCUT2D eigenvalue weighted by molar-refractivity contribution is -0.0459. The fourth-order valence-corrected chi connectivity index (χ4v) is 4.85. The maximum atomic E-state index is 13.6. The van der Waals surface area contributed by atoms with Gasteiger partial charge >= 0.3 is 5.79 Å². The second-order valence-electron chi connectivity index (χ2n) is 8.50. The van der Waals surface area contributed by atoms with Gasteiger partial charge in [0.1, 0.15) is 0 Å². The highest BCUT2D eigenvalue weighted by molar-refractivity contribution is 6.30. The summed E-state index contributed by atoms with van der Waals surface area (Å²) in [7, 11) is 0. The zero-order valence-corrected chi connectivity index (χ0v) is 20.2. The van der Waals surface area contributed by atoms with Crippen LogP contribution in [0.1, 0.15) is 32.7 Å². The molecule has 6 heteroatoms. The molecule has 0 aliphatic carbocycles. The molecule has 0 saturated carbocycles. The van der Waals surface area contributed by atoms with E-state index >= 15 is 0 Å². The zero-order chi connectivity index (χ0) is 24.2. The number of carbonyl (C=O) groups is 1. The summed E-state index contributed by atoms with van der Waals surface area (Å²) in [6.45, 7) is 1.91. The van der Waals surface area contributed by atoms with Gasteiger partial charge in [-0.1, -0.05) is 41.4 Å². The molecule has 4 aromatic carbocycles. The van der Waals surface area contributed by atoms with Crippen molar-refractivity contribution in [3.8, 4) is 11.5 Å². The first-order chi connectivity index (χ1) is 16.9. The predicted molar refractivity (Wildman–Crippen MR) is 138 cm³/mol. The minimum atomic E-state index is -1.24. The Kier molecular flexibility index (Phi) is 5.10. The number of hydrogen-bond acceptors (Lipinski definition) is 3. The van der Waals surface area contributed by atoms with Gasteiger partial charge in [0.05, 0.1) is 5.56 Å². The molecule has 172 valence electrons. The van der Waals surface area contributed by atoms with E-state index in [1.165, 1.54) is 0 Å². The van der Waals surface area contributed by atoms with Crippen molar-refractivity contribution in [2.24, 2.45) is 0 Å². The summed E-state index contributed by atoms with van der Waals surface area (Å²) in [4.78, 5) is 16.9. The number of hydrogen-bond donors (Lipinski definition) is 1. The van der Waals surface area contributed by atoms with E-state index in [1.54, 1.807) is 42.5 Å². The Labute approximate surface area is 212 Å². The Bertz CT molecular complexity index is 1540. The van der Waals surface area contributed by atoms with Gasteiger partial charge in [-0.05, 0) is 79.7 Å². The monoisotopic (exact) mass is 499 g/mol. The first-order valence-electron chi connectivity index (χ1n) is 11.1. The van der Waals surface area contributed by atoms with Crippen LogP contribution in [-0.2, 0) is 5.79 Å². The summed E-state index contributed by atoms with van der Waals surface area (Å²) < 4.78 is 12.9. The minimum absolute atomic E-state index is 0.0816. The normalized spacial score (nSPS) is 13.8. The van der Waals surface area contributed by atoms with Crippen molar-refractivity contribution in [1.82, 2.24) is 4.98 Å². The van der Waals surface area contributed by atoms with Crippen molar-refractivity contribution in [2.75, 3.05) is 0 Å². The summed E-state index contributed by atoms with van der Waals surface area (Å²) in [6.07, 6.45) is 0. The first kappa shape index (κ1) is 21.8. The smallest absolute Gasteiger partial charge is 0.305 e. The van der Waals surface area contributed by atoms with Crippen LogP contribution in [0.25, 0.3) is 10.9 Å². The molecular formula is C29H19Cl2NO3. The van der Waals surface area contributed by atoms with Crippen molar-refractivity contribution < 1.29 is 14.3 Å². The van der Waals surface area contributed by atoms with Gasteiger partial charge in [0.2, 0.25) is 0 Å². The molecule has 2 heterocycles. The third-order valence-corrected chi connectivity index (χ3v) is 6.79. The molecule has 0 saturated heterocycles. The van der Waals surface area contributed by atoms with Crippen LogP contribution in [0.15, 0.2) is 91.0 Å². The van der Waals surface area contributed by atoms with Gasteiger partial charge in [-0.15, -0.1) is 0 Å². The highest BCUT2D eigenvalue weighted by Gasteiger charge is 2.45. The highest BCUT2D eigenvalue weighted by atomic mass is 35.5. The van der Waals surface area contributed by atoms with Crippen molar-refractivity contribution in [3.05, 3.63) is 129 Å². The number of carbonyl (C=O) groups excluding carboxylic acids is 1. The van der Waals surface area contributed by atoms with E-state index in [0.29, 0.717) is 32.7 Å². The third kappa shape index (κ3) is 3.57. The van der Waals surface area contributed by atoms with E-state index in [4.69, 9.17) is 32.7 Å². The standard InChI is InChI=1S/C29H19Cl2NO3/c1-17-27(23-4-2-3-5-24(23)32-17)28(33)18-6-15-25-26(16-18)35-29(34-25,19-7-11-21(30)12-8-19)20-9-13-22(31)14-10-20/h2-16,32H,1H3. The Morgan fingerprint density at radius 1 is 0.771 bits per heavy atom. The van der Waals surface area contributed by atoms with Crippen LogP contribution < -0.4 is 9.47 Å². The molecule has 0 atom stereocenters. The number of para-hydroxylation sites is 1. The second kappa shape index (κ2) is 8.19. The lowest BCUT2D eigenvalue weighted by Gasteiger charge is -2.28. The number of halogens is 2. The quantitative estimate of drug-likeness (QED) is 0.258. The van der Waals surface area contributed by atoms with Gasteiger partial charge in [0.15, 0.2) is 17.3 Å². The number of rotatable bonds is 4. The van der Waals surface area contributed by atoms with Gasteiger partial charge in [0.25, 0.3) is 0 Å². The second-order valence-corrected chi connectivity index (χ2v) is 9.37. The average molecular weight is 500 g/mol. The van der Waals surface area contributed by atoms with Gasteiger partial charge in [-0.25, -0.2) is 0 Å². The van der Waals surface area contributed by atoms with E-state index < -0.39 is 5.79 Å². The highest BCUT2D eigenvalue weighted by Crippen LogP contribution is 2.48. The SMILES string of the molecule is Cc1[nH]c2ccccc2c1C(=O)c1ccc2c(c1)OC(c1ccc(Cl)cc1)(c1ccc(Cl)cc1)O2. The molecule has 0 radical (unpaired) electrons. The molecule has 0 fully saturated rings. The summed E-state index contributed by atoms with van der Waals surface area (Å²) in [6, 6.07) is 27.7. The summed E-state index contributed by atoms with van der Waals surface area (Å²) in [5.74, 6) is -0.294. The summed E-state index contributed by atoms with van der Waals surface area (Å²) >= 11 is 12.3. The van der Waals surface area contributed by atoms with Gasteiger partial charge in [-0.3, -0.25) is 4.79 Å².